The van der Waals surface area contributed by atoms with Gasteiger partial charge in [0.15, 0.2) is 0 Å². The van der Waals surface area contributed by atoms with E-state index in [0.717, 1.165) is 52.4 Å². The first kappa shape index (κ1) is 18.3. The Kier molecular flexibility index (Phi) is 4.60. The topological polar surface area (TPSA) is 68.8 Å². The molecule has 1 aromatic carbocycles. The normalized spacial score (nSPS) is 15.3. The molecule has 9 heteroatoms. The van der Waals surface area contributed by atoms with Gasteiger partial charge in [0, 0.05) is 23.5 Å². The van der Waals surface area contributed by atoms with E-state index in [-0.39, 0.29) is 5.91 Å². The Morgan fingerprint density at radius 3 is 2.79 bits per heavy atom. The summed E-state index contributed by atoms with van der Waals surface area (Å²) >= 11 is 7.63. The zero-order chi connectivity index (χ0) is 20.0. The van der Waals surface area contributed by atoms with Crippen molar-refractivity contribution in [2.75, 3.05) is 13.1 Å². The lowest BCUT2D eigenvalue weighted by Crippen LogP contribution is -2.38. The standard InChI is InChI=1S/C20H19ClN6OS/c1-13-17-10-18(29-20(17)27(24-13)16-4-2-3-14(21)9-16)19(28)25-7-5-15(6-8-25)26-12-22-11-23-26/h2-4,9-12,15H,5-8H2,1H3. The smallest absolute Gasteiger partial charge is 0.264 e. The van der Waals surface area contributed by atoms with E-state index in [1.54, 1.807) is 12.7 Å². The van der Waals surface area contributed by atoms with Crippen LogP contribution in [0.4, 0.5) is 0 Å². The number of fused-ring (bicyclic) bond motifs is 1. The van der Waals surface area contributed by atoms with Crippen LogP contribution in [0.25, 0.3) is 15.9 Å². The van der Waals surface area contributed by atoms with Crippen molar-refractivity contribution >= 4 is 39.1 Å². The summed E-state index contributed by atoms with van der Waals surface area (Å²) in [6, 6.07) is 9.86. The molecule has 1 aliphatic rings. The van der Waals surface area contributed by atoms with Gasteiger partial charge in [0.05, 0.1) is 22.3 Å². The number of carbonyl (C=O) groups is 1. The zero-order valence-electron chi connectivity index (χ0n) is 15.8. The maximum Gasteiger partial charge on any atom is 0.264 e. The van der Waals surface area contributed by atoms with Gasteiger partial charge in [-0.1, -0.05) is 17.7 Å². The van der Waals surface area contributed by atoms with Gasteiger partial charge in [-0.3, -0.25) is 4.79 Å². The van der Waals surface area contributed by atoms with E-state index in [1.165, 1.54) is 11.3 Å². The predicted molar refractivity (Wildman–Crippen MR) is 113 cm³/mol. The number of amides is 1. The molecule has 0 aliphatic carbocycles. The van der Waals surface area contributed by atoms with Gasteiger partial charge in [0.25, 0.3) is 5.91 Å². The molecule has 0 unspecified atom stereocenters. The maximum atomic E-state index is 13.1. The summed E-state index contributed by atoms with van der Waals surface area (Å²) in [4.78, 5) is 20.8. The van der Waals surface area contributed by atoms with Crippen LogP contribution >= 0.6 is 22.9 Å². The molecule has 1 aliphatic heterocycles. The Morgan fingerprint density at radius 2 is 2.07 bits per heavy atom. The van der Waals surface area contributed by atoms with Crippen molar-refractivity contribution in [3.05, 3.63) is 58.6 Å². The number of hydrogen-bond donors (Lipinski definition) is 0. The molecule has 0 N–H and O–H groups in total. The van der Waals surface area contributed by atoms with Crippen molar-refractivity contribution in [2.24, 2.45) is 0 Å². The molecule has 0 bridgehead atoms. The van der Waals surface area contributed by atoms with Gasteiger partial charge < -0.3 is 4.90 Å². The average Bonchev–Trinajstić information content (AvgIpc) is 3.46. The largest absolute Gasteiger partial charge is 0.338 e. The van der Waals surface area contributed by atoms with Crippen molar-refractivity contribution in [3.8, 4) is 5.69 Å². The number of benzene rings is 1. The number of aryl methyl sites for hydroxylation is 1. The molecule has 4 aromatic rings. The highest BCUT2D eigenvalue weighted by Gasteiger charge is 2.27. The highest BCUT2D eigenvalue weighted by Crippen LogP contribution is 2.32. The van der Waals surface area contributed by atoms with Gasteiger partial charge >= 0.3 is 0 Å². The molecule has 148 valence electrons. The lowest BCUT2D eigenvalue weighted by atomic mass is 10.1. The lowest BCUT2D eigenvalue weighted by Gasteiger charge is -2.31. The van der Waals surface area contributed by atoms with Crippen LogP contribution in [0.2, 0.25) is 5.02 Å². The third-order valence-electron chi connectivity index (χ3n) is 5.37. The summed E-state index contributed by atoms with van der Waals surface area (Å²) in [5, 5.41) is 10.5. The van der Waals surface area contributed by atoms with E-state index in [9.17, 15) is 4.79 Å². The molecule has 3 aromatic heterocycles. The number of hydrogen-bond acceptors (Lipinski definition) is 5. The molecule has 0 spiro atoms. The molecule has 1 fully saturated rings. The summed E-state index contributed by atoms with van der Waals surface area (Å²) in [7, 11) is 0. The third kappa shape index (κ3) is 3.32. The lowest BCUT2D eigenvalue weighted by molar-refractivity contribution is 0.0695. The van der Waals surface area contributed by atoms with Crippen LogP contribution in [0, 0.1) is 6.92 Å². The van der Waals surface area contributed by atoms with Gasteiger partial charge in [0.1, 0.15) is 17.5 Å². The molecular formula is C20H19ClN6OS. The second-order valence-electron chi connectivity index (χ2n) is 7.21. The van der Waals surface area contributed by atoms with Crippen LogP contribution in [-0.4, -0.2) is 48.4 Å². The average molecular weight is 427 g/mol. The summed E-state index contributed by atoms with van der Waals surface area (Å²) in [5.74, 6) is 0.0836. The number of carbonyl (C=O) groups excluding carboxylic acids is 1. The molecule has 0 saturated carbocycles. The maximum absolute atomic E-state index is 13.1. The fourth-order valence-corrected chi connectivity index (χ4v) is 5.17. The second kappa shape index (κ2) is 7.27. The number of rotatable bonds is 3. The van der Waals surface area contributed by atoms with E-state index in [0.29, 0.717) is 11.1 Å². The number of halogens is 1. The second-order valence-corrected chi connectivity index (χ2v) is 8.67. The third-order valence-corrected chi connectivity index (χ3v) is 6.70. The SMILES string of the molecule is Cc1nn(-c2cccc(Cl)c2)c2sc(C(=O)N3CCC(n4cncn4)CC3)cc12. The van der Waals surface area contributed by atoms with Crippen LogP contribution in [-0.2, 0) is 0 Å². The van der Waals surface area contributed by atoms with Crippen LogP contribution in [0.15, 0.2) is 43.0 Å². The Bertz CT molecular complexity index is 1170. The Hall–Kier alpha value is -2.71. The number of thiophene rings is 1. The van der Waals surface area contributed by atoms with E-state index < -0.39 is 0 Å². The number of likely N-dealkylation sites (tertiary alicyclic amines) is 1. The Labute approximate surface area is 176 Å². The minimum Gasteiger partial charge on any atom is -0.338 e. The van der Waals surface area contributed by atoms with Gasteiger partial charge in [-0.05, 0) is 44.0 Å². The highest BCUT2D eigenvalue weighted by atomic mass is 35.5. The van der Waals surface area contributed by atoms with E-state index in [1.807, 2.05) is 51.5 Å². The van der Waals surface area contributed by atoms with Crippen molar-refractivity contribution in [2.45, 2.75) is 25.8 Å². The minimum atomic E-state index is 0.0836. The summed E-state index contributed by atoms with van der Waals surface area (Å²) < 4.78 is 3.76. The minimum absolute atomic E-state index is 0.0836. The van der Waals surface area contributed by atoms with Gasteiger partial charge in [-0.2, -0.15) is 10.2 Å². The first-order valence-electron chi connectivity index (χ1n) is 9.48. The van der Waals surface area contributed by atoms with Crippen molar-refractivity contribution in [1.29, 1.82) is 0 Å². The molecule has 1 amide bonds. The van der Waals surface area contributed by atoms with Crippen molar-refractivity contribution in [3.63, 3.8) is 0 Å². The number of piperidine rings is 1. The van der Waals surface area contributed by atoms with Crippen LogP contribution < -0.4 is 0 Å². The van der Waals surface area contributed by atoms with E-state index in [4.69, 9.17) is 11.6 Å². The van der Waals surface area contributed by atoms with Gasteiger partial charge in [0.2, 0.25) is 0 Å². The van der Waals surface area contributed by atoms with Crippen LogP contribution in [0.3, 0.4) is 0 Å². The molecule has 0 atom stereocenters. The van der Waals surface area contributed by atoms with Crippen LogP contribution in [0.1, 0.15) is 34.2 Å². The molecule has 7 nitrogen and oxygen atoms in total. The molecule has 5 rings (SSSR count). The first-order valence-corrected chi connectivity index (χ1v) is 10.7. The van der Waals surface area contributed by atoms with E-state index >= 15 is 0 Å². The number of nitrogens with zero attached hydrogens (tertiary/aromatic N) is 6. The van der Waals surface area contributed by atoms with E-state index in [2.05, 4.69) is 15.2 Å². The number of aromatic nitrogens is 5. The Balaban J connectivity index is 1.39. The fourth-order valence-electron chi connectivity index (χ4n) is 3.83. The molecule has 1 saturated heterocycles. The summed E-state index contributed by atoms with van der Waals surface area (Å²) in [6.45, 7) is 3.40. The van der Waals surface area contributed by atoms with Crippen molar-refractivity contribution in [1.82, 2.24) is 29.4 Å². The Morgan fingerprint density at radius 1 is 1.24 bits per heavy atom. The van der Waals surface area contributed by atoms with Gasteiger partial charge in [-0.15, -0.1) is 11.3 Å². The monoisotopic (exact) mass is 426 g/mol. The highest BCUT2D eigenvalue weighted by molar-refractivity contribution is 7.20. The molecule has 4 heterocycles. The molecular weight excluding hydrogens is 408 g/mol. The fraction of sp³-hybridized carbons (Fsp3) is 0.300. The summed E-state index contributed by atoms with van der Waals surface area (Å²) in [5.41, 5.74) is 1.80. The quantitative estimate of drug-likeness (QED) is 0.494. The zero-order valence-corrected chi connectivity index (χ0v) is 17.4. The summed E-state index contributed by atoms with van der Waals surface area (Å²) in [6.07, 6.45) is 5.07. The predicted octanol–water partition coefficient (Wildman–Crippen LogP) is 4.12. The molecule has 29 heavy (non-hydrogen) atoms. The van der Waals surface area contributed by atoms with Gasteiger partial charge in [-0.25, -0.2) is 14.3 Å². The van der Waals surface area contributed by atoms with Crippen LogP contribution in [0.5, 0.6) is 0 Å². The molecule has 0 radical (unpaired) electrons. The first-order chi connectivity index (χ1) is 14.1. The van der Waals surface area contributed by atoms with Crippen molar-refractivity contribution < 1.29 is 4.79 Å².